The predicted octanol–water partition coefficient (Wildman–Crippen LogP) is 3.87. The third-order valence-corrected chi connectivity index (χ3v) is 5.31. The number of rotatable bonds is 5. The minimum atomic E-state index is -3.77. The topological polar surface area (TPSA) is 59.3 Å². The van der Waals surface area contributed by atoms with Crippen molar-refractivity contribution in [3.05, 3.63) is 50.8 Å². The number of benzene rings is 1. The molecule has 0 amide bonds. The van der Waals surface area contributed by atoms with Gasteiger partial charge in [-0.3, -0.25) is 0 Å². The summed E-state index contributed by atoms with van der Waals surface area (Å²) in [5.41, 5.74) is 0. The Bertz CT molecular complexity index is 678. The lowest BCUT2D eigenvalue weighted by molar-refractivity contribution is 0.506. The molecule has 8 heteroatoms. The standard InChI is InChI=1S/C12H10BrCl2NO3S/c13-8-6-10(14)12(11(15)7-8)20(17,18)16-4-3-9-2-1-5-19-9/h1-2,5-7,16H,3-4H2. The van der Waals surface area contributed by atoms with E-state index in [1.807, 2.05) is 0 Å². The Hall–Kier alpha value is -0.530. The van der Waals surface area contributed by atoms with E-state index in [0.717, 1.165) is 0 Å². The van der Waals surface area contributed by atoms with E-state index in [4.69, 9.17) is 27.6 Å². The molecule has 0 aliphatic heterocycles. The lowest BCUT2D eigenvalue weighted by Crippen LogP contribution is -2.26. The molecule has 2 aromatic rings. The number of sulfonamides is 1. The maximum Gasteiger partial charge on any atom is 0.243 e. The van der Waals surface area contributed by atoms with Gasteiger partial charge in [-0.1, -0.05) is 39.1 Å². The highest BCUT2D eigenvalue weighted by atomic mass is 79.9. The number of furan rings is 1. The Kier molecular flexibility index (Phi) is 5.14. The Morgan fingerprint density at radius 2 is 1.90 bits per heavy atom. The first-order chi connectivity index (χ1) is 9.40. The molecule has 2 rings (SSSR count). The molecule has 0 aliphatic rings. The van der Waals surface area contributed by atoms with Crippen LogP contribution in [0.3, 0.4) is 0 Å². The molecule has 0 bridgehead atoms. The van der Waals surface area contributed by atoms with Crippen LogP contribution in [-0.2, 0) is 16.4 Å². The second-order valence-electron chi connectivity index (χ2n) is 3.93. The highest BCUT2D eigenvalue weighted by molar-refractivity contribution is 9.10. The van der Waals surface area contributed by atoms with Gasteiger partial charge in [0.05, 0.1) is 16.3 Å². The van der Waals surface area contributed by atoms with Crippen molar-refractivity contribution in [3.8, 4) is 0 Å². The summed E-state index contributed by atoms with van der Waals surface area (Å²) >= 11 is 15.1. The van der Waals surface area contributed by atoms with Crippen molar-refractivity contribution >= 4 is 49.2 Å². The molecule has 0 radical (unpaired) electrons. The summed E-state index contributed by atoms with van der Waals surface area (Å²) in [6.45, 7) is 0.193. The third-order valence-electron chi connectivity index (χ3n) is 2.48. The first kappa shape index (κ1) is 15.9. The van der Waals surface area contributed by atoms with E-state index in [0.29, 0.717) is 16.7 Å². The molecule has 0 saturated carbocycles. The van der Waals surface area contributed by atoms with Gasteiger partial charge >= 0.3 is 0 Å². The van der Waals surface area contributed by atoms with Crippen LogP contribution in [0.1, 0.15) is 5.76 Å². The van der Waals surface area contributed by atoms with Gasteiger partial charge in [0.15, 0.2) is 0 Å². The van der Waals surface area contributed by atoms with Crippen LogP contribution in [0.2, 0.25) is 10.0 Å². The summed E-state index contributed by atoms with van der Waals surface area (Å²) in [5.74, 6) is 0.695. The number of hydrogen-bond acceptors (Lipinski definition) is 3. The fourth-order valence-electron chi connectivity index (χ4n) is 1.62. The van der Waals surface area contributed by atoms with E-state index in [1.165, 1.54) is 18.4 Å². The zero-order chi connectivity index (χ0) is 14.8. The number of halogens is 3. The van der Waals surface area contributed by atoms with Crippen molar-refractivity contribution in [2.24, 2.45) is 0 Å². The Balaban J connectivity index is 2.14. The van der Waals surface area contributed by atoms with Crippen molar-refractivity contribution in [1.82, 2.24) is 4.72 Å². The minimum Gasteiger partial charge on any atom is -0.469 e. The summed E-state index contributed by atoms with van der Waals surface area (Å²) in [4.78, 5) is -0.122. The fraction of sp³-hybridized carbons (Fsp3) is 0.167. The van der Waals surface area contributed by atoms with E-state index >= 15 is 0 Å². The summed E-state index contributed by atoms with van der Waals surface area (Å²) in [6.07, 6.45) is 1.98. The molecule has 1 heterocycles. The van der Waals surface area contributed by atoms with Crippen LogP contribution in [0, 0.1) is 0 Å². The van der Waals surface area contributed by atoms with Crippen molar-refractivity contribution in [2.45, 2.75) is 11.3 Å². The Morgan fingerprint density at radius 3 is 2.45 bits per heavy atom. The van der Waals surface area contributed by atoms with Crippen LogP contribution in [0.15, 0.2) is 44.3 Å². The first-order valence-electron chi connectivity index (χ1n) is 5.57. The summed E-state index contributed by atoms with van der Waals surface area (Å²) in [5, 5.41) is 0.129. The largest absolute Gasteiger partial charge is 0.469 e. The average Bonchev–Trinajstić information content (AvgIpc) is 2.79. The zero-order valence-corrected chi connectivity index (χ0v) is 14.0. The van der Waals surface area contributed by atoms with Crippen molar-refractivity contribution in [1.29, 1.82) is 0 Å². The van der Waals surface area contributed by atoms with Crippen LogP contribution in [0.5, 0.6) is 0 Å². The minimum absolute atomic E-state index is 0.0647. The van der Waals surface area contributed by atoms with Crippen LogP contribution in [0.25, 0.3) is 0 Å². The normalized spacial score (nSPS) is 11.8. The first-order valence-corrected chi connectivity index (χ1v) is 8.60. The molecule has 0 spiro atoms. The van der Waals surface area contributed by atoms with Crippen molar-refractivity contribution in [3.63, 3.8) is 0 Å². The van der Waals surface area contributed by atoms with Crippen LogP contribution >= 0.6 is 39.1 Å². The van der Waals surface area contributed by atoms with Gasteiger partial charge in [-0.15, -0.1) is 0 Å². The average molecular weight is 399 g/mol. The number of nitrogens with one attached hydrogen (secondary N) is 1. The van der Waals surface area contributed by atoms with E-state index in [-0.39, 0.29) is 21.5 Å². The molecule has 4 nitrogen and oxygen atoms in total. The van der Waals surface area contributed by atoms with Gasteiger partial charge in [0.25, 0.3) is 0 Å². The molecule has 1 aromatic carbocycles. The maximum absolute atomic E-state index is 12.2. The summed E-state index contributed by atoms with van der Waals surface area (Å²) in [7, 11) is -3.77. The van der Waals surface area contributed by atoms with Gasteiger partial charge in [-0.05, 0) is 24.3 Å². The van der Waals surface area contributed by atoms with Gasteiger partial charge in [0.1, 0.15) is 10.7 Å². The van der Waals surface area contributed by atoms with E-state index in [1.54, 1.807) is 12.1 Å². The van der Waals surface area contributed by atoms with E-state index in [9.17, 15) is 8.42 Å². The van der Waals surface area contributed by atoms with Gasteiger partial charge < -0.3 is 4.42 Å². The number of hydrogen-bond donors (Lipinski definition) is 1. The lowest BCUT2D eigenvalue weighted by Gasteiger charge is -2.10. The van der Waals surface area contributed by atoms with Crippen molar-refractivity contribution in [2.75, 3.05) is 6.54 Å². The molecule has 0 aliphatic carbocycles. The predicted molar refractivity (Wildman–Crippen MR) is 81.8 cm³/mol. The van der Waals surface area contributed by atoms with Crippen LogP contribution in [-0.4, -0.2) is 15.0 Å². The van der Waals surface area contributed by atoms with Gasteiger partial charge in [0.2, 0.25) is 10.0 Å². The molecule has 0 fully saturated rings. The molecule has 20 heavy (non-hydrogen) atoms. The Labute approximate surface area is 135 Å². The molecule has 0 unspecified atom stereocenters. The maximum atomic E-state index is 12.2. The monoisotopic (exact) mass is 397 g/mol. The molecule has 1 N–H and O–H groups in total. The second-order valence-corrected chi connectivity index (χ2v) is 7.36. The second kappa shape index (κ2) is 6.49. The van der Waals surface area contributed by atoms with Crippen LogP contribution in [0.4, 0.5) is 0 Å². The zero-order valence-electron chi connectivity index (χ0n) is 10.1. The van der Waals surface area contributed by atoms with E-state index in [2.05, 4.69) is 20.7 Å². The summed E-state index contributed by atoms with van der Waals surface area (Å²) < 4.78 is 32.6. The molecule has 108 valence electrons. The third kappa shape index (κ3) is 3.77. The molecule has 1 aromatic heterocycles. The highest BCUT2D eigenvalue weighted by Crippen LogP contribution is 2.32. The van der Waals surface area contributed by atoms with Crippen molar-refractivity contribution < 1.29 is 12.8 Å². The molecule has 0 atom stereocenters. The lowest BCUT2D eigenvalue weighted by atomic mass is 10.3. The smallest absolute Gasteiger partial charge is 0.243 e. The fourth-order valence-corrected chi connectivity index (χ4v) is 4.59. The Morgan fingerprint density at radius 1 is 1.25 bits per heavy atom. The summed E-state index contributed by atoms with van der Waals surface area (Å²) in [6, 6.07) is 6.48. The molecular formula is C12H10BrCl2NO3S. The quantitative estimate of drug-likeness (QED) is 0.831. The van der Waals surface area contributed by atoms with E-state index < -0.39 is 10.0 Å². The van der Waals surface area contributed by atoms with Gasteiger partial charge in [-0.2, -0.15) is 0 Å². The highest BCUT2D eigenvalue weighted by Gasteiger charge is 2.22. The van der Waals surface area contributed by atoms with Gasteiger partial charge in [0, 0.05) is 17.4 Å². The van der Waals surface area contributed by atoms with Crippen LogP contribution < -0.4 is 4.72 Å². The molecular weight excluding hydrogens is 389 g/mol. The van der Waals surface area contributed by atoms with Gasteiger partial charge in [-0.25, -0.2) is 13.1 Å². The SMILES string of the molecule is O=S(=O)(NCCc1ccco1)c1c(Cl)cc(Br)cc1Cl. The molecule has 0 saturated heterocycles.